The van der Waals surface area contributed by atoms with Crippen LogP contribution >= 0.6 is 0 Å². The van der Waals surface area contributed by atoms with Gasteiger partial charge in [0, 0.05) is 13.0 Å². The molecule has 1 aliphatic rings. The van der Waals surface area contributed by atoms with Gasteiger partial charge in [0.1, 0.15) is 12.0 Å². The molecule has 2 heterocycles. The highest BCUT2D eigenvalue weighted by molar-refractivity contribution is 5.52. The Labute approximate surface area is 89.3 Å². The molecule has 4 heteroatoms. The third kappa shape index (κ3) is 2.65. The summed E-state index contributed by atoms with van der Waals surface area (Å²) in [5, 5.41) is 0. The maximum absolute atomic E-state index is 10.3. The molecule has 82 valence electrons. The second-order valence-electron chi connectivity index (χ2n) is 4.21. The standard InChI is InChI=1S/C11H16N2O2/c1-13-4-2-9(8-13)6-11-12-7-10(15-11)3-5-14/h5,7,9H,2-4,6,8H2,1H3. The largest absolute Gasteiger partial charge is 0.445 e. The van der Waals surface area contributed by atoms with Crippen LogP contribution in [-0.2, 0) is 17.6 Å². The summed E-state index contributed by atoms with van der Waals surface area (Å²) < 4.78 is 5.46. The van der Waals surface area contributed by atoms with Gasteiger partial charge >= 0.3 is 0 Å². The zero-order valence-corrected chi connectivity index (χ0v) is 8.98. The number of oxazole rings is 1. The van der Waals surface area contributed by atoms with Crippen molar-refractivity contribution >= 4 is 6.29 Å². The number of aldehydes is 1. The molecule has 4 nitrogen and oxygen atoms in total. The van der Waals surface area contributed by atoms with Gasteiger partial charge in [-0.05, 0) is 25.9 Å². The number of carbonyl (C=O) groups is 1. The second kappa shape index (κ2) is 4.57. The van der Waals surface area contributed by atoms with Gasteiger partial charge in [0.15, 0.2) is 5.89 Å². The number of rotatable bonds is 4. The fourth-order valence-corrected chi connectivity index (χ4v) is 2.06. The van der Waals surface area contributed by atoms with Crippen LogP contribution in [0.4, 0.5) is 0 Å². The van der Waals surface area contributed by atoms with E-state index in [1.165, 1.54) is 6.42 Å². The minimum atomic E-state index is 0.331. The van der Waals surface area contributed by atoms with Crippen molar-refractivity contribution in [1.82, 2.24) is 9.88 Å². The molecule has 1 saturated heterocycles. The van der Waals surface area contributed by atoms with E-state index in [2.05, 4.69) is 16.9 Å². The highest BCUT2D eigenvalue weighted by Crippen LogP contribution is 2.19. The van der Waals surface area contributed by atoms with Crippen molar-refractivity contribution in [3.05, 3.63) is 17.8 Å². The van der Waals surface area contributed by atoms with Gasteiger partial charge in [-0.1, -0.05) is 0 Å². The zero-order chi connectivity index (χ0) is 10.7. The summed E-state index contributed by atoms with van der Waals surface area (Å²) in [7, 11) is 2.13. The quantitative estimate of drug-likeness (QED) is 0.690. The van der Waals surface area contributed by atoms with Crippen molar-refractivity contribution in [3.8, 4) is 0 Å². The molecule has 0 bridgehead atoms. The first-order chi connectivity index (χ1) is 7.28. The lowest BCUT2D eigenvalue weighted by Gasteiger charge is -2.07. The highest BCUT2D eigenvalue weighted by Gasteiger charge is 2.21. The first kappa shape index (κ1) is 10.4. The number of aromatic nitrogens is 1. The number of hydrogen-bond acceptors (Lipinski definition) is 4. The molecule has 15 heavy (non-hydrogen) atoms. The summed E-state index contributed by atoms with van der Waals surface area (Å²) in [6, 6.07) is 0. The molecule has 0 amide bonds. The van der Waals surface area contributed by atoms with Gasteiger partial charge in [0.2, 0.25) is 0 Å². The molecular weight excluding hydrogens is 192 g/mol. The summed E-state index contributed by atoms with van der Waals surface area (Å²) >= 11 is 0. The van der Waals surface area contributed by atoms with Crippen LogP contribution in [-0.4, -0.2) is 36.3 Å². The highest BCUT2D eigenvalue weighted by atomic mass is 16.4. The van der Waals surface area contributed by atoms with Crippen molar-refractivity contribution < 1.29 is 9.21 Å². The van der Waals surface area contributed by atoms with Gasteiger partial charge in [-0.25, -0.2) is 4.98 Å². The van der Waals surface area contributed by atoms with Gasteiger partial charge in [-0.3, -0.25) is 0 Å². The minimum Gasteiger partial charge on any atom is -0.445 e. The summed E-state index contributed by atoms with van der Waals surface area (Å²) in [6.07, 6.45) is 4.93. The van der Waals surface area contributed by atoms with Crippen LogP contribution in [0.5, 0.6) is 0 Å². The van der Waals surface area contributed by atoms with Crippen LogP contribution < -0.4 is 0 Å². The Morgan fingerprint density at radius 2 is 2.60 bits per heavy atom. The number of nitrogens with zero attached hydrogens (tertiary/aromatic N) is 2. The lowest BCUT2D eigenvalue weighted by Crippen LogP contribution is -2.15. The maximum atomic E-state index is 10.3. The molecule has 0 aliphatic carbocycles. The first-order valence-electron chi connectivity index (χ1n) is 5.33. The topological polar surface area (TPSA) is 46.3 Å². The number of likely N-dealkylation sites (tertiary alicyclic amines) is 1. The minimum absolute atomic E-state index is 0.331. The third-order valence-corrected chi connectivity index (χ3v) is 2.84. The summed E-state index contributed by atoms with van der Waals surface area (Å²) in [6.45, 7) is 2.28. The molecule has 1 aliphatic heterocycles. The molecule has 0 N–H and O–H groups in total. The fourth-order valence-electron chi connectivity index (χ4n) is 2.06. The Bertz CT molecular complexity index is 335. The van der Waals surface area contributed by atoms with Crippen molar-refractivity contribution in [2.75, 3.05) is 20.1 Å². The van der Waals surface area contributed by atoms with E-state index < -0.39 is 0 Å². The predicted molar refractivity (Wildman–Crippen MR) is 55.6 cm³/mol. The van der Waals surface area contributed by atoms with Gasteiger partial charge in [0.25, 0.3) is 0 Å². The van der Waals surface area contributed by atoms with Gasteiger partial charge in [0.05, 0.1) is 12.6 Å². The van der Waals surface area contributed by atoms with Crippen molar-refractivity contribution in [3.63, 3.8) is 0 Å². The van der Waals surface area contributed by atoms with E-state index in [9.17, 15) is 4.79 Å². The van der Waals surface area contributed by atoms with E-state index in [0.29, 0.717) is 18.1 Å². The monoisotopic (exact) mass is 208 g/mol. The zero-order valence-electron chi connectivity index (χ0n) is 8.98. The molecule has 1 aromatic heterocycles. The van der Waals surface area contributed by atoms with E-state index >= 15 is 0 Å². The van der Waals surface area contributed by atoms with Crippen LogP contribution in [0.25, 0.3) is 0 Å². The van der Waals surface area contributed by atoms with E-state index in [1.807, 2.05) is 0 Å². The van der Waals surface area contributed by atoms with Crippen molar-refractivity contribution in [1.29, 1.82) is 0 Å². The lowest BCUT2D eigenvalue weighted by atomic mass is 10.1. The van der Waals surface area contributed by atoms with Crippen LogP contribution in [0.2, 0.25) is 0 Å². The molecular formula is C11H16N2O2. The van der Waals surface area contributed by atoms with Gasteiger partial charge in [-0.15, -0.1) is 0 Å². The second-order valence-corrected chi connectivity index (χ2v) is 4.21. The molecule has 1 fully saturated rings. The van der Waals surface area contributed by atoms with E-state index in [-0.39, 0.29) is 0 Å². The van der Waals surface area contributed by atoms with E-state index in [4.69, 9.17) is 4.42 Å². The molecule has 2 rings (SSSR count). The van der Waals surface area contributed by atoms with Crippen molar-refractivity contribution in [2.24, 2.45) is 5.92 Å². The van der Waals surface area contributed by atoms with Crippen LogP contribution in [0.1, 0.15) is 18.1 Å². The van der Waals surface area contributed by atoms with E-state index in [1.54, 1.807) is 6.20 Å². The number of carbonyl (C=O) groups excluding carboxylic acids is 1. The predicted octanol–water partition coefficient (Wildman–Crippen LogP) is 0.910. The molecule has 1 unspecified atom stereocenters. The van der Waals surface area contributed by atoms with E-state index in [0.717, 1.165) is 31.7 Å². The lowest BCUT2D eigenvalue weighted by molar-refractivity contribution is -0.107. The summed E-state index contributed by atoms with van der Waals surface area (Å²) in [4.78, 5) is 16.8. The molecule has 0 spiro atoms. The van der Waals surface area contributed by atoms with Gasteiger partial charge in [-0.2, -0.15) is 0 Å². The van der Waals surface area contributed by atoms with Crippen LogP contribution in [0.15, 0.2) is 10.6 Å². The summed E-state index contributed by atoms with van der Waals surface area (Å²) in [5.41, 5.74) is 0. The first-order valence-corrected chi connectivity index (χ1v) is 5.33. The molecule has 1 aromatic rings. The Balaban J connectivity index is 1.90. The van der Waals surface area contributed by atoms with Gasteiger partial charge < -0.3 is 14.1 Å². The van der Waals surface area contributed by atoms with Crippen molar-refractivity contribution in [2.45, 2.75) is 19.3 Å². The Hall–Kier alpha value is -1.16. The third-order valence-electron chi connectivity index (χ3n) is 2.84. The molecule has 0 aromatic carbocycles. The Morgan fingerprint density at radius 1 is 1.73 bits per heavy atom. The molecule has 0 radical (unpaired) electrons. The average molecular weight is 208 g/mol. The van der Waals surface area contributed by atoms with Crippen LogP contribution in [0.3, 0.4) is 0 Å². The SMILES string of the molecule is CN1CCC(Cc2ncc(CC=O)o2)C1. The normalized spacial score (nSPS) is 22.1. The average Bonchev–Trinajstić information content (AvgIpc) is 2.78. The van der Waals surface area contributed by atoms with Crippen LogP contribution in [0, 0.1) is 5.92 Å². The Morgan fingerprint density at radius 3 is 3.27 bits per heavy atom. The molecule has 0 saturated carbocycles. The fraction of sp³-hybridized carbons (Fsp3) is 0.636. The summed E-state index contributed by atoms with van der Waals surface area (Å²) in [5.74, 6) is 2.09. The number of hydrogen-bond donors (Lipinski definition) is 0. The Kier molecular flexibility index (Phi) is 3.16. The smallest absolute Gasteiger partial charge is 0.194 e. The maximum Gasteiger partial charge on any atom is 0.194 e. The molecule has 1 atom stereocenters.